The Hall–Kier alpha value is -2.55. The number of nitrogens with one attached hydrogen (secondary N) is 1. The van der Waals surface area contributed by atoms with E-state index in [1.54, 1.807) is 6.07 Å². The molecule has 0 saturated carbocycles. The zero-order valence-electron chi connectivity index (χ0n) is 10.3. The van der Waals surface area contributed by atoms with Gasteiger partial charge in [-0.05, 0) is 18.2 Å². The first-order chi connectivity index (χ1) is 9.94. The number of benzene rings is 1. The van der Waals surface area contributed by atoms with Crippen molar-refractivity contribution >= 4 is 28.7 Å². The van der Waals surface area contributed by atoms with E-state index in [0.29, 0.717) is 17.1 Å². The first-order valence-electron chi connectivity index (χ1n) is 5.73. The van der Waals surface area contributed by atoms with Gasteiger partial charge in [-0.2, -0.15) is 5.10 Å². The van der Waals surface area contributed by atoms with Gasteiger partial charge < -0.3 is 20.5 Å². The number of hydrogen-bond donors (Lipinski definition) is 2. The summed E-state index contributed by atoms with van der Waals surface area (Å²) in [5.41, 5.74) is 6.51. The Morgan fingerprint density at radius 3 is 2.76 bits per heavy atom. The summed E-state index contributed by atoms with van der Waals surface area (Å²) >= 11 is 4.90. The van der Waals surface area contributed by atoms with E-state index in [9.17, 15) is 8.78 Å². The van der Waals surface area contributed by atoms with Crippen LogP contribution in [-0.2, 0) is 0 Å². The second-order valence-electron chi connectivity index (χ2n) is 4.11. The molecule has 108 valence electrons. The molecule has 0 radical (unpaired) electrons. The van der Waals surface area contributed by atoms with Gasteiger partial charge in [0.05, 0.1) is 11.8 Å². The number of ether oxygens (including phenoxy) is 2. The summed E-state index contributed by atoms with van der Waals surface area (Å²) in [6.45, 7) is 0. The Labute approximate surface area is 122 Å². The van der Waals surface area contributed by atoms with Crippen LogP contribution < -0.4 is 20.5 Å². The molecule has 0 atom stereocenters. The van der Waals surface area contributed by atoms with Gasteiger partial charge in [-0.15, -0.1) is 13.9 Å². The van der Waals surface area contributed by atoms with Gasteiger partial charge in [-0.25, -0.2) is 0 Å². The minimum absolute atomic E-state index is 0.0423. The molecule has 1 aromatic heterocycles. The summed E-state index contributed by atoms with van der Waals surface area (Å²) in [5.74, 6) is 0.195. The molecule has 0 fully saturated rings. The van der Waals surface area contributed by atoms with Gasteiger partial charge in [0.25, 0.3) is 0 Å². The van der Waals surface area contributed by atoms with Crippen molar-refractivity contribution in [2.24, 2.45) is 5.73 Å². The number of nitrogens with zero attached hydrogens (tertiary/aromatic N) is 2. The molecule has 0 unspecified atom stereocenters. The highest BCUT2D eigenvalue weighted by molar-refractivity contribution is 7.80. The quantitative estimate of drug-likeness (QED) is 0.841. The van der Waals surface area contributed by atoms with E-state index in [4.69, 9.17) is 18.0 Å². The van der Waals surface area contributed by atoms with Crippen molar-refractivity contribution in [3.63, 3.8) is 0 Å². The maximum Gasteiger partial charge on any atom is 0.586 e. The van der Waals surface area contributed by atoms with E-state index in [1.807, 2.05) is 0 Å². The number of nitrogens with two attached hydrogens (primary N) is 1. The predicted molar refractivity (Wildman–Crippen MR) is 73.8 cm³/mol. The summed E-state index contributed by atoms with van der Waals surface area (Å²) in [5, 5.41) is 10.5. The number of aromatic nitrogens is 2. The molecule has 9 heteroatoms. The Balaban J connectivity index is 1.89. The number of hydrogen-bond acceptors (Lipinski definition) is 6. The lowest BCUT2D eigenvalue weighted by atomic mass is 10.2. The summed E-state index contributed by atoms with van der Waals surface area (Å²) in [7, 11) is 0. The average molecular weight is 310 g/mol. The van der Waals surface area contributed by atoms with Crippen LogP contribution in [0.3, 0.4) is 0 Å². The average Bonchev–Trinajstić information content (AvgIpc) is 2.72. The van der Waals surface area contributed by atoms with E-state index in [0.717, 1.165) is 0 Å². The highest BCUT2D eigenvalue weighted by Crippen LogP contribution is 2.42. The van der Waals surface area contributed by atoms with Crippen molar-refractivity contribution in [2.75, 3.05) is 5.32 Å². The highest BCUT2D eigenvalue weighted by Gasteiger charge is 2.43. The predicted octanol–water partition coefficient (Wildman–Crippen LogP) is 2.18. The molecule has 3 N–H and O–H groups in total. The van der Waals surface area contributed by atoms with Crippen LogP contribution in [0.4, 0.5) is 20.3 Å². The molecule has 3 rings (SSSR count). The molecule has 1 aromatic carbocycles. The van der Waals surface area contributed by atoms with Crippen LogP contribution in [0, 0.1) is 0 Å². The largest absolute Gasteiger partial charge is 0.586 e. The van der Waals surface area contributed by atoms with Crippen molar-refractivity contribution in [3.05, 3.63) is 36.0 Å². The molecule has 21 heavy (non-hydrogen) atoms. The molecule has 0 saturated heterocycles. The second kappa shape index (κ2) is 4.77. The van der Waals surface area contributed by atoms with Crippen LogP contribution in [0.2, 0.25) is 0 Å². The van der Waals surface area contributed by atoms with E-state index in [2.05, 4.69) is 25.0 Å². The fourth-order valence-corrected chi connectivity index (χ4v) is 1.95. The molecule has 1 aliphatic heterocycles. The minimum atomic E-state index is -3.66. The molecule has 0 amide bonds. The van der Waals surface area contributed by atoms with E-state index in [1.165, 1.54) is 24.4 Å². The van der Waals surface area contributed by atoms with Crippen molar-refractivity contribution in [3.8, 4) is 11.5 Å². The van der Waals surface area contributed by atoms with Crippen LogP contribution in [0.1, 0.15) is 5.56 Å². The third kappa shape index (κ3) is 2.68. The van der Waals surface area contributed by atoms with Crippen molar-refractivity contribution in [1.82, 2.24) is 10.2 Å². The lowest BCUT2D eigenvalue weighted by molar-refractivity contribution is -0.286. The van der Waals surface area contributed by atoms with E-state index >= 15 is 0 Å². The van der Waals surface area contributed by atoms with Crippen molar-refractivity contribution in [2.45, 2.75) is 6.29 Å². The summed E-state index contributed by atoms with van der Waals surface area (Å²) in [4.78, 5) is 0.139. The Bertz CT molecular complexity index is 726. The maximum atomic E-state index is 12.9. The first kappa shape index (κ1) is 13.4. The molecule has 2 aromatic rings. The normalized spacial score (nSPS) is 14.8. The number of thiocarbonyl (C=S) groups is 1. The Kier molecular flexibility index (Phi) is 3.05. The number of halogens is 2. The molecular formula is C12H8F2N4O2S. The molecular weight excluding hydrogens is 302 g/mol. The van der Waals surface area contributed by atoms with Crippen molar-refractivity contribution in [1.29, 1.82) is 0 Å². The fourth-order valence-electron chi connectivity index (χ4n) is 1.79. The van der Waals surface area contributed by atoms with Crippen LogP contribution in [0.15, 0.2) is 30.5 Å². The SMILES string of the molecule is NC(=S)c1ccnnc1Nc1ccc2c(c1)OC(F)(F)O2. The minimum Gasteiger partial charge on any atom is -0.395 e. The number of anilines is 2. The topological polar surface area (TPSA) is 82.3 Å². The van der Waals surface area contributed by atoms with Gasteiger partial charge in [0.2, 0.25) is 0 Å². The first-order valence-corrected chi connectivity index (χ1v) is 6.14. The summed E-state index contributed by atoms with van der Waals surface area (Å²) in [6.07, 6.45) is -2.21. The zero-order valence-corrected chi connectivity index (χ0v) is 11.2. The molecule has 2 heterocycles. The molecule has 0 spiro atoms. The van der Waals surface area contributed by atoms with E-state index in [-0.39, 0.29) is 16.5 Å². The fraction of sp³-hybridized carbons (Fsp3) is 0.0833. The third-order valence-corrected chi connectivity index (χ3v) is 2.87. The molecule has 0 aliphatic carbocycles. The smallest absolute Gasteiger partial charge is 0.395 e. The van der Waals surface area contributed by atoms with Crippen LogP contribution in [0.25, 0.3) is 0 Å². The third-order valence-electron chi connectivity index (χ3n) is 2.65. The van der Waals surface area contributed by atoms with Crippen molar-refractivity contribution < 1.29 is 18.3 Å². The second-order valence-corrected chi connectivity index (χ2v) is 4.55. The van der Waals surface area contributed by atoms with Gasteiger partial charge >= 0.3 is 6.29 Å². The number of fused-ring (bicyclic) bond motifs is 1. The van der Waals surface area contributed by atoms with Gasteiger partial charge in [0, 0.05) is 11.8 Å². The lowest BCUT2D eigenvalue weighted by Gasteiger charge is -2.09. The highest BCUT2D eigenvalue weighted by atomic mass is 32.1. The monoisotopic (exact) mass is 310 g/mol. The molecule has 0 bridgehead atoms. The lowest BCUT2D eigenvalue weighted by Crippen LogP contribution is -2.25. The van der Waals surface area contributed by atoms with Gasteiger partial charge in [-0.3, -0.25) is 0 Å². The van der Waals surface area contributed by atoms with Crippen LogP contribution in [0.5, 0.6) is 11.5 Å². The summed E-state index contributed by atoms with van der Waals surface area (Å²) < 4.78 is 34.6. The zero-order chi connectivity index (χ0) is 15.0. The number of rotatable bonds is 3. The van der Waals surface area contributed by atoms with Gasteiger partial charge in [-0.1, -0.05) is 12.2 Å². The number of alkyl halides is 2. The van der Waals surface area contributed by atoms with Gasteiger partial charge in [0.1, 0.15) is 4.99 Å². The standard InChI is InChI=1S/C12H8F2N4O2S/c13-12(14)19-8-2-1-6(5-9(8)20-12)17-11-7(10(15)21)3-4-16-18-11/h1-5H,(H2,15,21)(H,17,18). The van der Waals surface area contributed by atoms with Crippen LogP contribution in [-0.4, -0.2) is 21.5 Å². The van der Waals surface area contributed by atoms with Gasteiger partial charge in [0.15, 0.2) is 17.3 Å². The summed E-state index contributed by atoms with van der Waals surface area (Å²) in [6, 6.07) is 5.84. The molecule has 1 aliphatic rings. The van der Waals surface area contributed by atoms with E-state index < -0.39 is 6.29 Å². The maximum absolute atomic E-state index is 12.9. The van der Waals surface area contributed by atoms with Crippen LogP contribution >= 0.6 is 12.2 Å². The Morgan fingerprint density at radius 1 is 1.24 bits per heavy atom. The molecule has 6 nitrogen and oxygen atoms in total. The Morgan fingerprint density at radius 2 is 2.00 bits per heavy atom.